The Labute approximate surface area is 257 Å². The van der Waals surface area contributed by atoms with Crippen LogP contribution in [0.3, 0.4) is 0 Å². The summed E-state index contributed by atoms with van der Waals surface area (Å²) in [7, 11) is -0.873. The lowest BCUT2D eigenvalue weighted by molar-refractivity contribution is 0.00706. The van der Waals surface area contributed by atoms with E-state index in [2.05, 4.69) is 24.2 Å². The summed E-state index contributed by atoms with van der Waals surface area (Å²) in [5, 5.41) is 9.96. The Balaban J connectivity index is 1.11. The average molecular weight is 656 g/mol. The highest BCUT2D eigenvalue weighted by Gasteiger charge is 2.48. The molecule has 3 aromatic rings. The Morgan fingerprint density at radius 1 is 1.18 bits per heavy atom. The molecule has 1 aromatic carbocycles. The summed E-state index contributed by atoms with van der Waals surface area (Å²) in [6.45, 7) is 1.52. The molecule has 1 unspecified atom stereocenters. The summed E-state index contributed by atoms with van der Waals surface area (Å²) < 4.78 is 69.3. The maximum Gasteiger partial charge on any atom is 0.296 e. The van der Waals surface area contributed by atoms with Gasteiger partial charge in [-0.1, -0.05) is 11.6 Å². The summed E-state index contributed by atoms with van der Waals surface area (Å²) in [5.74, 6) is -2.73. The van der Waals surface area contributed by atoms with E-state index in [1.54, 1.807) is 0 Å². The van der Waals surface area contributed by atoms with Gasteiger partial charge in [-0.05, 0) is 57.1 Å². The van der Waals surface area contributed by atoms with Gasteiger partial charge in [-0.2, -0.15) is 14.3 Å². The van der Waals surface area contributed by atoms with E-state index in [-0.39, 0.29) is 53.0 Å². The van der Waals surface area contributed by atoms with Crippen LogP contribution in [0.15, 0.2) is 22.6 Å². The van der Waals surface area contributed by atoms with Crippen molar-refractivity contribution in [2.24, 2.45) is 10.3 Å². The quantitative estimate of drug-likeness (QED) is 0.371. The molecule has 44 heavy (non-hydrogen) atoms. The number of aliphatic hydroxyl groups excluding tert-OH is 1. The molecule has 2 N–H and O–H groups in total. The fraction of sp³-hybridized carbons (Fsp3) is 0.536. The Kier molecular flexibility index (Phi) is 8.78. The molecule has 5 heterocycles. The van der Waals surface area contributed by atoms with Gasteiger partial charge in [-0.3, -0.25) is 4.79 Å². The van der Waals surface area contributed by atoms with Crippen molar-refractivity contribution in [3.63, 3.8) is 0 Å². The van der Waals surface area contributed by atoms with Crippen molar-refractivity contribution in [3.8, 4) is 11.9 Å². The van der Waals surface area contributed by atoms with Gasteiger partial charge >= 0.3 is 0 Å². The molecular weight excluding hydrogens is 624 g/mol. The number of likely N-dealkylation sites (tertiary alicyclic amines) is 1. The van der Waals surface area contributed by atoms with Crippen LogP contribution in [-0.2, 0) is 25.8 Å². The van der Waals surface area contributed by atoms with Crippen LogP contribution in [0.2, 0.25) is 5.02 Å². The highest BCUT2D eigenvalue weighted by Crippen LogP contribution is 2.32. The standard InChI is InChI=1S/C28H32ClF2N5O7S/c1-36-5-3-14(4-6-36)13-44(2,39)35-26(38)15-7-18(30)16(19(31)8-15)10-42-27-17(29)9-20-25(33-27)34-28(32-20)43-22-12-41-23-21(37)11-40-24(22)23/h7-9,14,21-24,37H,3-6,10-13H2,1-2H3,(H,32,33,34)/t21-,22-,23-,24-,44?/m1/s1. The minimum atomic E-state index is -2.89. The number of nitrogens with one attached hydrogen (secondary N) is 1. The number of halogens is 3. The second-order valence-electron chi connectivity index (χ2n) is 11.5. The lowest BCUT2D eigenvalue weighted by Crippen LogP contribution is -2.34. The number of carbonyl (C=O) groups is 1. The van der Waals surface area contributed by atoms with E-state index in [0.29, 0.717) is 5.52 Å². The van der Waals surface area contributed by atoms with E-state index >= 15 is 0 Å². The van der Waals surface area contributed by atoms with E-state index in [1.807, 2.05) is 7.05 Å². The van der Waals surface area contributed by atoms with Crippen molar-refractivity contribution in [2.45, 2.75) is 43.9 Å². The zero-order valence-electron chi connectivity index (χ0n) is 24.0. The highest BCUT2D eigenvalue weighted by molar-refractivity contribution is 7.93. The van der Waals surface area contributed by atoms with Gasteiger partial charge in [0, 0.05) is 17.6 Å². The Hall–Kier alpha value is -2.95. The van der Waals surface area contributed by atoms with Crippen LogP contribution in [0.1, 0.15) is 28.8 Å². The number of H-pyrrole nitrogens is 1. The summed E-state index contributed by atoms with van der Waals surface area (Å²) in [4.78, 5) is 26.3. The second kappa shape index (κ2) is 12.4. The zero-order chi connectivity index (χ0) is 31.2. The molecule has 0 aliphatic carbocycles. The molecule has 0 bridgehead atoms. The smallest absolute Gasteiger partial charge is 0.296 e. The number of aromatic amines is 1. The number of piperidine rings is 1. The highest BCUT2D eigenvalue weighted by atomic mass is 35.5. The first-order valence-corrected chi connectivity index (χ1v) is 16.6. The number of carbonyl (C=O) groups excluding carboxylic acids is 1. The number of benzene rings is 1. The molecule has 3 aliphatic heterocycles. The van der Waals surface area contributed by atoms with Gasteiger partial charge in [-0.25, -0.2) is 13.0 Å². The molecule has 238 valence electrons. The van der Waals surface area contributed by atoms with Gasteiger partial charge in [0.2, 0.25) is 5.88 Å². The molecular formula is C28H32ClF2N5O7S. The van der Waals surface area contributed by atoms with Crippen LogP contribution < -0.4 is 9.47 Å². The molecule has 0 saturated carbocycles. The summed E-state index contributed by atoms with van der Waals surface area (Å²) in [6.07, 6.45) is 0.960. The molecule has 0 spiro atoms. The number of pyridine rings is 1. The predicted molar refractivity (Wildman–Crippen MR) is 155 cm³/mol. The number of fused-ring (bicyclic) bond motifs is 2. The van der Waals surface area contributed by atoms with Gasteiger partial charge < -0.3 is 33.9 Å². The molecule has 0 radical (unpaired) electrons. The van der Waals surface area contributed by atoms with Crippen LogP contribution in [0.5, 0.6) is 11.9 Å². The first-order chi connectivity index (χ1) is 21.0. The van der Waals surface area contributed by atoms with Crippen LogP contribution >= 0.6 is 11.6 Å². The van der Waals surface area contributed by atoms with Gasteiger partial charge in [0.25, 0.3) is 11.9 Å². The molecule has 12 nitrogen and oxygen atoms in total. The molecule has 1 amide bonds. The summed E-state index contributed by atoms with van der Waals surface area (Å²) in [6, 6.07) is 3.29. The third kappa shape index (κ3) is 6.67. The maximum absolute atomic E-state index is 15.0. The molecule has 3 aliphatic rings. The average Bonchev–Trinajstić information content (AvgIpc) is 3.65. The number of rotatable bonds is 8. The van der Waals surface area contributed by atoms with Crippen molar-refractivity contribution in [2.75, 3.05) is 45.4 Å². The van der Waals surface area contributed by atoms with Gasteiger partial charge in [0.1, 0.15) is 41.6 Å². The minimum Gasteiger partial charge on any atom is -0.471 e. The number of hydrogen-bond donors (Lipinski definition) is 2. The van der Waals surface area contributed by atoms with E-state index in [1.165, 1.54) is 12.3 Å². The molecule has 3 fully saturated rings. The Morgan fingerprint density at radius 2 is 1.89 bits per heavy atom. The van der Waals surface area contributed by atoms with Gasteiger partial charge in [-0.15, -0.1) is 0 Å². The number of ether oxygens (including phenoxy) is 4. The number of hydrogen-bond acceptors (Lipinski definition) is 10. The van der Waals surface area contributed by atoms with Crippen molar-refractivity contribution in [1.82, 2.24) is 19.9 Å². The number of aliphatic hydroxyl groups is 1. The fourth-order valence-corrected chi connectivity index (χ4v) is 7.61. The van der Waals surface area contributed by atoms with Crippen molar-refractivity contribution < 1.29 is 41.8 Å². The molecule has 5 atom stereocenters. The second-order valence-corrected chi connectivity index (χ2v) is 14.3. The molecule has 2 aromatic heterocycles. The Bertz CT molecular complexity index is 1670. The normalized spacial score (nSPS) is 25.6. The lowest BCUT2D eigenvalue weighted by atomic mass is 10.00. The van der Waals surface area contributed by atoms with E-state index in [4.69, 9.17) is 30.5 Å². The SMILES string of the molecule is CN1CCC(CS(C)(=O)=NC(=O)c2cc(F)c(COc3nc4nc(O[C@@H]5CO[C@H]6[C@@H]5OC[C@H]6O)[nH]c4cc3Cl)c(F)c2)CC1. The lowest BCUT2D eigenvalue weighted by Gasteiger charge is -2.28. The topological polar surface area (TPSA) is 148 Å². The zero-order valence-corrected chi connectivity index (χ0v) is 25.6. The third-order valence-electron chi connectivity index (χ3n) is 8.02. The first kappa shape index (κ1) is 31.0. The molecule has 6 rings (SSSR count). The van der Waals surface area contributed by atoms with E-state index in [0.717, 1.165) is 38.1 Å². The number of nitrogens with zero attached hydrogens (tertiary/aromatic N) is 4. The van der Waals surface area contributed by atoms with E-state index in [9.17, 15) is 22.9 Å². The fourth-order valence-electron chi connectivity index (χ4n) is 5.66. The summed E-state index contributed by atoms with van der Waals surface area (Å²) >= 11 is 6.30. The minimum absolute atomic E-state index is 0.0490. The molecule has 16 heteroatoms. The van der Waals surface area contributed by atoms with Crippen molar-refractivity contribution in [3.05, 3.63) is 46.0 Å². The number of amides is 1. The van der Waals surface area contributed by atoms with Gasteiger partial charge in [0.05, 0.1) is 34.0 Å². The van der Waals surface area contributed by atoms with Crippen molar-refractivity contribution in [1.29, 1.82) is 0 Å². The predicted octanol–water partition coefficient (Wildman–Crippen LogP) is 2.95. The third-order valence-corrected chi connectivity index (χ3v) is 9.93. The van der Waals surface area contributed by atoms with Gasteiger partial charge in [0.15, 0.2) is 11.8 Å². The Morgan fingerprint density at radius 3 is 2.61 bits per heavy atom. The number of aromatic nitrogens is 3. The summed E-state index contributed by atoms with van der Waals surface area (Å²) in [5.41, 5.74) is -0.204. The van der Waals surface area contributed by atoms with Crippen LogP contribution in [0.25, 0.3) is 11.2 Å². The monoisotopic (exact) mass is 655 g/mol. The van der Waals surface area contributed by atoms with Crippen LogP contribution in [0.4, 0.5) is 8.78 Å². The molecule has 3 saturated heterocycles. The van der Waals surface area contributed by atoms with Crippen LogP contribution in [0, 0.1) is 17.6 Å². The largest absolute Gasteiger partial charge is 0.471 e. The first-order valence-electron chi connectivity index (χ1n) is 14.1. The van der Waals surface area contributed by atoms with Crippen LogP contribution in [-0.4, -0.2) is 105 Å². The van der Waals surface area contributed by atoms with Crippen molar-refractivity contribution >= 4 is 38.4 Å². The van der Waals surface area contributed by atoms with E-state index < -0.39 is 63.9 Å². The maximum atomic E-state index is 15.0. The number of imidazole rings is 1.